The Labute approximate surface area is 104 Å². The van der Waals surface area contributed by atoms with E-state index < -0.39 is 5.97 Å². The summed E-state index contributed by atoms with van der Waals surface area (Å²) in [7, 11) is 0. The van der Waals surface area contributed by atoms with Crippen molar-refractivity contribution >= 4 is 11.8 Å². The van der Waals surface area contributed by atoms with Gasteiger partial charge in [0.2, 0.25) is 0 Å². The van der Waals surface area contributed by atoms with Crippen LogP contribution in [0.15, 0.2) is 30.5 Å². The molecular weight excluding hydrogens is 232 g/mol. The normalized spacial score (nSPS) is 10.1. The van der Waals surface area contributed by atoms with Crippen molar-refractivity contribution in [1.29, 1.82) is 0 Å². The van der Waals surface area contributed by atoms with Crippen molar-refractivity contribution in [3.8, 4) is 0 Å². The molecule has 0 amide bonds. The van der Waals surface area contributed by atoms with E-state index in [1.165, 1.54) is 6.07 Å². The standard InChI is InChI=1S/C12H12N4O2/c1-8-2-3-9(6-13-8)7-14-11-5-4-10(12(17)18)15-16-11/h2-6H,7H2,1H3,(H,14,16)(H,17,18). The zero-order valence-corrected chi connectivity index (χ0v) is 9.79. The van der Waals surface area contributed by atoms with Crippen LogP contribution in [0.5, 0.6) is 0 Å². The van der Waals surface area contributed by atoms with Gasteiger partial charge in [-0.3, -0.25) is 4.98 Å². The van der Waals surface area contributed by atoms with Crippen LogP contribution in [-0.4, -0.2) is 26.3 Å². The molecule has 0 aromatic carbocycles. The number of aryl methyl sites for hydroxylation is 1. The largest absolute Gasteiger partial charge is 0.476 e. The van der Waals surface area contributed by atoms with Gasteiger partial charge in [0, 0.05) is 18.4 Å². The number of anilines is 1. The van der Waals surface area contributed by atoms with Crippen molar-refractivity contribution in [3.05, 3.63) is 47.4 Å². The van der Waals surface area contributed by atoms with E-state index in [-0.39, 0.29) is 5.69 Å². The fourth-order valence-corrected chi connectivity index (χ4v) is 1.34. The van der Waals surface area contributed by atoms with Crippen molar-refractivity contribution in [2.75, 3.05) is 5.32 Å². The summed E-state index contributed by atoms with van der Waals surface area (Å²) >= 11 is 0. The Bertz CT molecular complexity index is 537. The summed E-state index contributed by atoms with van der Waals surface area (Å²) in [6, 6.07) is 6.88. The first kappa shape index (κ1) is 12.0. The van der Waals surface area contributed by atoms with Crippen molar-refractivity contribution in [2.45, 2.75) is 13.5 Å². The molecule has 0 spiro atoms. The molecule has 18 heavy (non-hydrogen) atoms. The number of nitrogens with zero attached hydrogens (tertiary/aromatic N) is 3. The van der Waals surface area contributed by atoms with Crippen LogP contribution in [0.1, 0.15) is 21.7 Å². The molecule has 0 saturated carbocycles. The summed E-state index contributed by atoms with van der Waals surface area (Å²) in [5.74, 6) is -0.558. The molecule has 2 N–H and O–H groups in total. The van der Waals surface area contributed by atoms with Crippen LogP contribution in [0.3, 0.4) is 0 Å². The number of rotatable bonds is 4. The van der Waals surface area contributed by atoms with Crippen LogP contribution in [0.4, 0.5) is 5.82 Å². The molecule has 2 aromatic heterocycles. The van der Waals surface area contributed by atoms with E-state index in [0.29, 0.717) is 12.4 Å². The van der Waals surface area contributed by atoms with Gasteiger partial charge >= 0.3 is 5.97 Å². The zero-order chi connectivity index (χ0) is 13.0. The van der Waals surface area contributed by atoms with Crippen LogP contribution in [0.2, 0.25) is 0 Å². The lowest BCUT2D eigenvalue weighted by Gasteiger charge is -2.04. The number of aromatic nitrogens is 3. The monoisotopic (exact) mass is 244 g/mol. The Morgan fingerprint density at radius 2 is 2.11 bits per heavy atom. The van der Waals surface area contributed by atoms with E-state index >= 15 is 0 Å². The van der Waals surface area contributed by atoms with Crippen LogP contribution >= 0.6 is 0 Å². The summed E-state index contributed by atoms with van der Waals surface area (Å²) in [5.41, 5.74) is 1.91. The van der Waals surface area contributed by atoms with Gasteiger partial charge in [0.25, 0.3) is 0 Å². The molecule has 2 rings (SSSR count). The maximum Gasteiger partial charge on any atom is 0.356 e. The minimum absolute atomic E-state index is 0.0717. The number of carbonyl (C=O) groups is 1. The van der Waals surface area contributed by atoms with E-state index in [1.54, 1.807) is 12.3 Å². The number of carboxylic acids is 1. The van der Waals surface area contributed by atoms with Crippen LogP contribution in [0.25, 0.3) is 0 Å². The van der Waals surface area contributed by atoms with Gasteiger partial charge in [-0.2, -0.15) is 0 Å². The Kier molecular flexibility index (Phi) is 3.47. The van der Waals surface area contributed by atoms with Crippen molar-refractivity contribution in [3.63, 3.8) is 0 Å². The average molecular weight is 244 g/mol. The second-order valence-corrected chi connectivity index (χ2v) is 3.77. The Balaban J connectivity index is 1.97. The van der Waals surface area contributed by atoms with Crippen molar-refractivity contribution in [2.24, 2.45) is 0 Å². The third-order valence-electron chi connectivity index (χ3n) is 2.33. The molecule has 2 heterocycles. The minimum atomic E-state index is -1.09. The summed E-state index contributed by atoms with van der Waals surface area (Å²) < 4.78 is 0. The molecule has 92 valence electrons. The molecular formula is C12H12N4O2. The lowest BCUT2D eigenvalue weighted by Crippen LogP contribution is -2.06. The number of nitrogens with one attached hydrogen (secondary N) is 1. The molecule has 0 atom stereocenters. The number of pyridine rings is 1. The number of aromatic carboxylic acids is 1. The Hall–Kier alpha value is -2.50. The lowest BCUT2D eigenvalue weighted by atomic mass is 10.2. The van der Waals surface area contributed by atoms with Gasteiger partial charge in [-0.15, -0.1) is 10.2 Å². The third-order valence-corrected chi connectivity index (χ3v) is 2.33. The number of hydrogen-bond acceptors (Lipinski definition) is 5. The molecule has 0 radical (unpaired) electrons. The lowest BCUT2D eigenvalue weighted by molar-refractivity contribution is 0.0689. The predicted octanol–water partition coefficient (Wildman–Crippen LogP) is 1.49. The molecule has 0 fully saturated rings. The first-order chi connectivity index (χ1) is 8.65. The van der Waals surface area contributed by atoms with Gasteiger partial charge in [-0.05, 0) is 30.7 Å². The van der Waals surface area contributed by atoms with Gasteiger partial charge in [0.15, 0.2) is 5.69 Å². The molecule has 0 aliphatic rings. The highest BCUT2D eigenvalue weighted by molar-refractivity contribution is 5.85. The smallest absolute Gasteiger partial charge is 0.356 e. The average Bonchev–Trinajstić information content (AvgIpc) is 2.38. The van der Waals surface area contributed by atoms with E-state index in [1.807, 2.05) is 19.1 Å². The van der Waals surface area contributed by atoms with Gasteiger partial charge in [0.1, 0.15) is 5.82 Å². The fourth-order valence-electron chi connectivity index (χ4n) is 1.34. The SMILES string of the molecule is Cc1ccc(CNc2ccc(C(=O)O)nn2)cn1. The highest BCUT2D eigenvalue weighted by atomic mass is 16.4. The maximum atomic E-state index is 10.6. The highest BCUT2D eigenvalue weighted by Gasteiger charge is 2.04. The maximum absolute atomic E-state index is 10.6. The molecule has 0 unspecified atom stereocenters. The van der Waals surface area contributed by atoms with E-state index in [9.17, 15) is 4.79 Å². The van der Waals surface area contributed by atoms with E-state index in [0.717, 1.165) is 11.3 Å². The second kappa shape index (κ2) is 5.22. The summed E-state index contributed by atoms with van der Waals surface area (Å²) in [6.07, 6.45) is 1.78. The molecule has 6 heteroatoms. The van der Waals surface area contributed by atoms with Crippen LogP contribution in [-0.2, 0) is 6.54 Å². The molecule has 0 aliphatic heterocycles. The van der Waals surface area contributed by atoms with Crippen molar-refractivity contribution < 1.29 is 9.90 Å². The summed E-state index contributed by atoms with van der Waals surface area (Å²) in [6.45, 7) is 2.49. The highest BCUT2D eigenvalue weighted by Crippen LogP contribution is 2.05. The molecule has 0 aliphatic carbocycles. The van der Waals surface area contributed by atoms with Gasteiger partial charge in [-0.1, -0.05) is 6.07 Å². The first-order valence-electron chi connectivity index (χ1n) is 5.37. The molecule has 0 saturated heterocycles. The van der Waals surface area contributed by atoms with Crippen molar-refractivity contribution in [1.82, 2.24) is 15.2 Å². The van der Waals surface area contributed by atoms with E-state index in [4.69, 9.17) is 5.11 Å². The fraction of sp³-hybridized carbons (Fsp3) is 0.167. The van der Waals surface area contributed by atoms with Crippen LogP contribution < -0.4 is 5.32 Å². The molecule has 0 bridgehead atoms. The van der Waals surface area contributed by atoms with Gasteiger partial charge in [0.05, 0.1) is 0 Å². The van der Waals surface area contributed by atoms with Crippen LogP contribution in [0, 0.1) is 6.92 Å². The third kappa shape index (κ3) is 3.00. The first-order valence-corrected chi connectivity index (χ1v) is 5.37. The Morgan fingerprint density at radius 3 is 2.67 bits per heavy atom. The second-order valence-electron chi connectivity index (χ2n) is 3.77. The predicted molar refractivity (Wildman–Crippen MR) is 65.3 cm³/mol. The Morgan fingerprint density at radius 1 is 1.28 bits per heavy atom. The number of hydrogen-bond donors (Lipinski definition) is 2. The summed E-state index contributed by atoms with van der Waals surface area (Å²) in [4.78, 5) is 14.8. The minimum Gasteiger partial charge on any atom is -0.476 e. The number of carboxylic acid groups (broad SMARTS) is 1. The quantitative estimate of drug-likeness (QED) is 0.847. The van der Waals surface area contributed by atoms with E-state index in [2.05, 4.69) is 20.5 Å². The zero-order valence-electron chi connectivity index (χ0n) is 9.79. The van der Waals surface area contributed by atoms with Gasteiger partial charge in [-0.25, -0.2) is 4.79 Å². The topological polar surface area (TPSA) is 88.0 Å². The molecule has 2 aromatic rings. The summed E-state index contributed by atoms with van der Waals surface area (Å²) in [5, 5.41) is 19.1. The molecule has 6 nitrogen and oxygen atoms in total. The van der Waals surface area contributed by atoms with Gasteiger partial charge < -0.3 is 10.4 Å².